The van der Waals surface area contributed by atoms with E-state index in [1.165, 1.54) is 13.2 Å². The summed E-state index contributed by atoms with van der Waals surface area (Å²) in [7, 11) is 1.34. The number of hydrogen-bond acceptors (Lipinski definition) is 4. The average Bonchev–Trinajstić information content (AvgIpc) is 3.08. The van der Waals surface area contributed by atoms with Gasteiger partial charge in [0.2, 0.25) is 11.5 Å². The number of imidazole rings is 1. The van der Waals surface area contributed by atoms with Crippen LogP contribution in [0, 0.1) is 0 Å². The zero-order valence-corrected chi connectivity index (χ0v) is 15.7. The number of aryl methyl sites for hydroxylation is 1. The van der Waals surface area contributed by atoms with Gasteiger partial charge in [-0.2, -0.15) is 13.2 Å². The van der Waals surface area contributed by atoms with Gasteiger partial charge in [0.05, 0.1) is 0 Å². The molecule has 0 saturated carbocycles. The molecule has 0 fully saturated rings. The summed E-state index contributed by atoms with van der Waals surface area (Å²) in [5, 5.41) is 17.5. The van der Waals surface area contributed by atoms with E-state index in [0.29, 0.717) is 5.69 Å². The summed E-state index contributed by atoms with van der Waals surface area (Å²) in [6, 6.07) is 8.16. The predicted molar refractivity (Wildman–Crippen MR) is 98.9 cm³/mol. The topological polar surface area (TPSA) is 108 Å². The number of aliphatic hydroxyl groups is 1. The Bertz CT molecular complexity index is 826. The molecule has 1 atom stereocenters. The lowest BCUT2D eigenvalue weighted by Gasteiger charge is -2.30. The molecule has 0 spiro atoms. The van der Waals surface area contributed by atoms with Gasteiger partial charge in [-0.15, -0.1) is 0 Å². The number of nitrogens with zero attached hydrogens (tertiary/aromatic N) is 2. The van der Waals surface area contributed by atoms with E-state index in [1.807, 2.05) is 0 Å². The minimum atomic E-state index is -4.96. The quantitative estimate of drug-likeness (QED) is 0.530. The van der Waals surface area contributed by atoms with Gasteiger partial charge in [-0.3, -0.25) is 4.79 Å². The Morgan fingerprint density at radius 1 is 1.14 bits per heavy atom. The van der Waals surface area contributed by atoms with Crippen LogP contribution in [0.4, 0.5) is 23.7 Å². The lowest BCUT2D eigenvalue weighted by Crippen LogP contribution is -2.46. The van der Waals surface area contributed by atoms with Gasteiger partial charge in [0.15, 0.2) is 0 Å². The van der Waals surface area contributed by atoms with Crippen LogP contribution in [0.2, 0.25) is 0 Å². The molecular weight excluding hydrogens is 391 g/mol. The number of aromatic nitrogens is 2. The SMILES string of the molecule is Cn1ccnc1C(O)(CCNC(=O)CCNC(=O)Nc1ccccc1)C(F)(F)F. The molecule has 1 aromatic heterocycles. The molecule has 0 saturated heterocycles. The number of rotatable bonds is 8. The minimum Gasteiger partial charge on any atom is -0.374 e. The zero-order valence-electron chi connectivity index (χ0n) is 15.7. The zero-order chi connectivity index (χ0) is 21.5. The van der Waals surface area contributed by atoms with E-state index < -0.39 is 42.5 Å². The number of nitrogens with one attached hydrogen (secondary N) is 3. The molecule has 2 rings (SSSR count). The van der Waals surface area contributed by atoms with Crippen LogP contribution in [0.3, 0.4) is 0 Å². The third-order valence-corrected chi connectivity index (χ3v) is 4.14. The highest BCUT2D eigenvalue weighted by Gasteiger charge is 2.57. The standard InChI is InChI=1S/C18H22F3N5O3/c1-26-12-11-23-15(26)17(29,18(19,20)21)8-10-22-14(27)7-9-24-16(28)25-13-5-3-2-4-6-13/h2-6,11-12,29H,7-10H2,1H3,(H,22,27)(H2,24,25,28). The summed E-state index contributed by atoms with van der Waals surface area (Å²) >= 11 is 0. The van der Waals surface area contributed by atoms with Gasteiger partial charge < -0.3 is 25.6 Å². The number of carbonyl (C=O) groups excluding carboxylic acids is 2. The minimum absolute atomic E-state index is 0.00654. The number of para-hydroxylation sites is 1. The molecule has 3 amide bonds. The van der Waals surface area contributed by atoms with Crippen LogP contribution in [0.25, 0.3) is 0 Å². The molecular formula is C18H22F3N5O3. The van der Waals surface area contributed by atoms with Gasteiger partial charge in [0.25, 0.3) is 0 Å². The Morgan fingerprint density at radius 3 is 2.41 bits per heavy atom. The predicted octanol–water partition coefficient (Wildman–Crippen LogP) is 1.89. The van der Waals surface area contributed by atoms with Crippen molar-refractivity contribution in [1.29, 1.82) is 0 Å². The highest BCUT2D eigenvalue weighted by atomic mass is 19.4. The van der Waals surface area contributed by atoms with Gasteiger partial charge >= 0.3 is 12.2 Å². The van der Waals surface area contributed by atoms with Crippen molar-refractivity contribution < 1.29 is 27.9 Å². The molecule has 11 heteroatoms. The fourth-order valence-corrected chi connectivity index (χ4v) is 2.60. The second-order valence-corrected chi connectivity index (χ2v) is 6.32. The smallest absolute Gasteiger partial charge is 0.374 e. The molecule has 0 radical (unpaired) electrons. The summed E-state index contributed by atoms with van der Waals surface area (Å²) in [4.78, 5) is 27.1. The van der Waals surface area contributed by atoms with Crippen LogP contribution >= 0.6 is 0 Å². The maximum atomic E-state index is 13.4. The normalized spacial score (nSPS) is 13.4. The number of carbonyl (C=O) groups is 2. The number of hydrogen-bond donors (Lipinski definition) is 4. The van der Waals surface area contributed by atoms with Crippen LogP contribution in [0.15, 0.2) is 42.7 Å². The lowest BCUT2D eigenvalue weighted by atomic mass is 9.97. The fourth-order valence-electron chi connectivity index (χ4n) is 2.60. The highest BCUT2D eigenvalue weighted by Crippen LogP contribution is 2.40. The van der Waals surface area contributed by atoms with Gasteiger partial charge in [-0.1, -0.05) is 18.2 Å². The van der Waals surface area contributed by atoms with Crippen molar-refractivity contribution in [2.45, 2.75) is 24.6 Å². The summed E-state index contributed by atoms with van der Waals surface area (Å²) in [6.07, 6.45) is -3.45. The van der Waals surface area contributed by atoms with Crippen LogP contribution < -0.4 is 16.0 Å². The van der Waals surface area contributed by atoms with Crippen molar-refractivity contribution in [3.63, 3.8) is 0 Å². The number of benzene rings is 1. The van der Waals surface area contributed by atoms with E-state index in [0.717, 1.165) is 10.8 Å². The molecule has 158 valence electrons. The molecule has 0 aliphatic heterocycles. The summed E-state index contributed by atoms with van der Waals surface area (Å²) < 4.78 is 41.2. The maximum absolute atomic E-state index is 13.4. The van der Waals surface area contributed by atoms with E-state index in [2.05, 4.69) is 20.9 Å². The Kier molecular flexibility index (Phi) is 7.21. The Balaban J connectivity index is 1.77. The number of urea groups is 1. The van der Waals surface area contributed by atoms with E-state index in [9.17, 15) is 27.9 Å². The van der Waals surface area contributed by atoms with Crippen LogP contribution in [-0.2, 0) is 17.4 Å². The second kappa shape index (κ2) is 9.41. The molecule has 1 heterocycles. The van der Waals surface area contributed by atoms with Crippen molar-refractivity contribution in [3.05, 3.63) is 48.5 Å². The molecule has 8 nitrogen and oxygen atoms in total. The number of alkyl halides is 3. The molecule has 2 aromatic rings. The van der Waals surface area contributed by atoms with E-state index in [1.54, 1.807) is 30.3 Å². The highest BCUT2D eigenvalue weighted by molar-refractivity contribution is 5.89. The number of halogens is 3. The van der Waals surface area contributed by atoms with Crippen LogP contribution in [-0.4, -0.2) is 45.9 Å². The number of anilines is 1. The molecule has 0 aliphatic carbocycles. The van der Waals surface area contributed by atoms with Gasteiger partial charge in [0.1, 0.15) is 5.82 Å². The molecule has 1 unspecified atom stereocenters. The first kappa shape index (κ1) is 22.2. The lowest BCUT2D eigenvalue weighted by molar-refractivity contribution is -0.272. The van der Waals surface area contributed by atoms with Gasteiger partial charge in [-0.05, 0) is 12.1 Å². The third-order valence-electron chi connectivity index (χ3n) is 4.14. The van der Waals surface area contributed by atoms with Gasteiger partial charge in [-0.25, -0.2) is 9.78 Å². The van der Waals surface area contributed by atoms with Crippen molar-refractivity contribution in [3.8, 4) is 0 Å². The molecule has 0 aliphatic rings. The first-order valence-electron chi connectivity index (χ1n) is 8.77. The third kappa shape index (κ3) is 5.95. The van der Waals surface area contributed by atoms with Crippen molar-refractivity contribution in [2.24, 2.45) is 7.05 Å². The van der Waals surface area contributed by atoms with Crippen molar-refractivity contribution in [2.75, 3.05) is 18.4 Å². The monoisotopic (exact) mass is 413 g/mol. The largest absolute Gasteiger partial charge is 0.424 e. The summed E-state index contributed by atoms with van der Waals surface area (Å²) in [5.41, 5.74) is -2.61. The first-order chi connectivity index (χ1) is 13.6. The van der Waals surface area contributed by atoms with Crippen LogP contribution in [0.1, 0.15) is 18.7 Å². The Hall–Kier alpha value is -3.08. The average molecular weight is 413 g/mol. The maximum Gasteiger partial charge on any atom is 0.424 e. The molecule has 4 N–H and O–H groups in total. The van der Waals surface area contributed by atoms with Crippen molar-refractivity contribution in [1.82, 2.24) is 20.2 Å². The summed E-state index contributed by atoms with van der Waals surface area (Å²) in [5.74, 6) is -1.12. The van der Waals surface area contributed by atoms with E-state index in [-0.39, 0.29) is 13.0 Å². The fraction of sp³-hybridized carbons (Fsp3) is 0.389. The first-order valence-corrected chi connectivity index (χ1v) is 8.77. The van der Waals surface area contributed by atoms with E-state index in [4.69, 9.17) is 0 Å². The van der Waals surface area contributed by atoms with Gasteiger partial charge in [0, 0.05) is 51.1 Å². The van der Waals surface area contributed by atoms with Crippen molar-refractivity contribution >= 4 is 17.6 Å². The molecule has 29 heavy (non-hydrogen) atoms. The second-order valence-electron chi connectivity index (χ2n) is 6.32. The number of amides is 3. The Morgan fingerprint density at radius 2 is 1.83 bits per heavy atom. The molecule has 0 bridgehead atoms. The summed E-state index contributed by atoms with van der Waals surface area (Å²) in [6.45, 7) is -0.425. The van der Waals surface area contributed by atoms with E-state index >= 15 is 0 Å². The Labute approximate surface area is 165 Å². The van der Waals surface area contributed by atoms with Crippen LogP contribution in [0.5, 0.6) is 0 Å². The molecule has 1 aromatic carbocycles.